The van der Waals surface area contributed by atoms with E-state index in [-0.39, 0.29) is 6.04 Å². The summed E-state index contributed by atoms with van der Waals surface area (Å²) in [4.78, 5) is 4.39. The number of rotatable bonds is 6. The van der Waals surface area contributed by atoms with E-state index >= 15 is 0 Å². The predicted molar refractivity (Wildman–Crippen MR) is 106 cm³/mol. The Morgan fingerprint density at radius 3 is 2.37 bits per heavy atom. The first-order valence-electron chi connectivity index (χ1n) is 8.88. The SMILES string of the molecule is Cc1ncc(-c2ccc(C)c(S(=O)(=O)N(Cc3ccccc3)C(C)C)c2)o1. The molecule has 5 nitrogen and oxygen atoms in total. The van der Waals surface area contributed by atoms with Crippen molar-refractivity contribution in [3.63, 3.8) is 0 Å². The topological polar surface area (TPSA) is 63.4 Å². The van der Waals surface area contributed by atoms with Crippen LogP contribution in [0.5, 0.6) is 0 Å². The van der Waals surface area contributed by atoms with Crippen LogP contribution in [-0.4, -0.2) is 23.7 Å². The summed E-state index contributed by atoms with van der Waals surface area (Å²) in [5, 5.41) is 0. The van der Waals surface area contributed by atoms with Crippen molar-refractivity contribution in [1.29, 1.82) is 0 Å². The Labute approximate surface area is 160 Å². The summed E-state index contributed by atoms with van der Waals surface area (Å²) in [6.45, 7) is 7.67. The Morgan fingerprint density at radius 1 is 1.07 bits per heavy atom. The van der Waals surface area contributed by atoms with E-state index in [9.17, 15) is 8.42 Å². The van der Waals surface area contributed by atoms with Crippen molar-refractivity contribution >= 4 is 10.0 Å². The average Bonchev–Trinajstić information content (AvgIpc) is 3.07. The van der Waals surface area contributed by atoms with Gasteiger partial charge in [0.15, 0.2) is 11.7 Å². The minimum absolute atomic E-state index is 0.175. The highest BCUT2D eigenvalue weighted by Gasteiger charge is 2.29. The molecular formula is C21H24N2O3S. The number of hydrogen-bond donors (Lipinski definition) is 0. The number of oxazole rings is 1. The normalized spacial score (nSPS) is 12.1. The molecule has 2 aromatic carbocycles. The van der Waals surface area contributed by atoms with Crippen LogP contribution in [-0.2, 0) is 16.6 Å². The third-order valence-corrected chi connectivity index (χ3v) is 6.60. The fraction of sp³-hybridized carbons (Fsp3) is 0.286. The Hall–Kier alpha value is -2.44. The van der Waals surface area contributed by atoms with Gasteiger partial charge in [0.2, 0.25) is 10.0 Å². The molecular weight excluding hydrogens is 360 g/mol. The molecule has 3 aromatic rings. The van der Waals surface area contributed by atoms with Crippen LogP contribution in [0.3, 0.4) is 0 Å². The summed E-state index contributed by atoms with van der Waals surface area (Å²) >= 11 is 0. The number of hydrogen-bond acceptors (Lipinski definition) is 4. The molecule has 0 saturated heterocycles. The number of benzene rings is 2. The lowest BCUT2D eigenvalue weighted by molar-refractivity contribution is 0.348. The van der Waals surface area contributed by atoms with Crippen molar-refractivity contribution in [2.75, 3.05) is 0 Å². The van der Waals surface area contributed by atoms with Crippen LogP contribution >= 0.6 is 0 Å². The van der Waals surface area contributed by atoms with E-state index in [4.69, 9.17) is 4.42 Å². The number of nitrogens with zero attached hydrogens (tertiary/aromatic N) is 2. The van der Waals surface area contributed by atoms with Gasteiger partial charge in [0.25, 0.3) is 0 Å². The first-order valence-corrected chi connectivity index (χ1v) is 10.3. The van der Waals surface area contributed by atoms with Crippen molar-refractivity contribution in [2.45, 2.75) is 45.2 Å². The molecule has 0 N–H and O–H groups in total. The lowest BCUT2D eigenvalue weighted by Crippen LogP contribution is -2.36. The van der Waals surface area contributed by atoms with E-state index in [1.807, 2.05) is 57.2 Å². The summed E-state index contributed by atoms with van der Waals surface area (Å²) in [6.07, 6.45) is 1.61. The summed E-state index contributed by atoms with van der Waals surface area (Å²) in [7, 11) is -3.68. The van der Waals surface area contributed by atoms with Crippen molar-refractivity contribution in [2.24, 2.45) is 0 Å². The molecule has 3 rings (SSSR count). The van der Waals surface area contributed by atoms with Gasteiger partial charge in [-0.2, -0.15) is 4.31 Å². The number of sulfonamides is 1. The third kappa shape index (κ3) is 4.12. The number of aryl methyl sites for hydroxylation is 2. The van der Waals surface area contributed by atoms with Gasteiger partial charge in [-0.05, 0) is 38.0 Å². The van der Waals surface area contributed by atoms with Crippen LogP contribution in [0.4, 0.5) is 0 Å². The molecule has 0 radical (unpaired) electrons. The summed E-state index contributed by atoms with van der Waals surface area (Å²) in [5.41, 5.74) is 2.35. The smallest absolute Gasteiger partial charge is 0.243 e. The maximum absolute atomic E-state index is 13.5. The highest BCUT2D eigenvalue weighted by Crippen LogP contribution is 2.29. The average molecular weight is 385 g/mol. The first kappa shape index (κ1) is 19.3. The molecule has 0 fully saturated rings. The Morgan fingerprint density at radius 2 is 1.78 bits per heavy atom. The van der Waals surface area contributed by atoms with Gasteiger partial charge < -0.3 is 4.42 Å². The quantitative estimate of drug-likeness (QED) is 0.625. The van der Waals surface area contributed by atoms with Crippen molar-refractivity contribution in [3.05, 3.63) is 71.7 Å². The molecule has 1 aromatic heterocycles. The molecule has 0 aliphatic carbocycles. The monoisotopic (exact) mass is 384 g/mol. The fourth-order valence-corrected chi connectivity index (χ4v) is 4.84. The van der Waals surface area contributed by atoms with Gasteiger partial charge in [0.05, 0.1) is 11.1 Å². The van der Waals surface area contributed by atoms with Crippen LogP contribution in [0.2, 0.25) is 0 Å². The molecule has 0 atom stereocenters. The second-order valence-electron chi connectivity index (χ2n) is 6.85. The van der Waals surface area contributed by atoms with E-state index in [1.54, 1.807) is 25.3 Å². The zero-order valence-corrected chi connectivity index (χ0v) is 16.8. The van der Waals surface area contributed by atoms with E-state index in [0.717, 1.165) is 5.56 Å². The van der Waals surface area contributed by atoms with E-state index in [0.29, 0.717) is 34.2 Å². The van der Waals surface area contributed by atoms with Crippen LogP contribution in [0, 0.1) is 13.8 Å². The minimum atomic E-state index is -3.68. The maximum atomic E-state index is 13.5. The molecule has 27 heavy (non-hydrogen) atoms. The highest BCUT2D eigenvalue weighted by molar-refractivity contribution is 7.89. The molecule has 0 aliphatic rings. The summed E-state index contributed by atoms with van der Waals surface area (Å²) in [6, 6.07) is 14.8. The lowest BCUT2D eigenvalue weighted by atomic mass is 10.1. The number of aromatic nitrogens is 1. The van der Waals surface area contributed by atoms with Crippen LogP contribution in [0.15, 0.2) is 64.0 Å². The van der Waals surface area contributed by atoms with Gasteiger partial charge in [0, 0.05) is 25.1 Å². The molecule has 0 bridgehead atoms. The van der Waals surface area contributed by atoms with Crippen LogP contribution < -0.4 is 0 Å². The molecule has 0 amide bonds. The molecule has 142 valence electrons. The van der Waals surface area contributed by atoms with Gasteiger partial charge in [0.1, 0.15) is 0 Å². The first-order chi connectivity index (χ1) is 12.8. The minimum Gasteiger partial charge on any atom is -0.441 e. The third-order valence-electron chi connectivity index (χ3n) is 4.44. The molecule has 1 heterocycles. The van der Waals surface area contributed by atoms with Gasteiger partial charge in [-0.15, -0.1) is 0 Å². The fourth-order valence-electron chi connectivity index (χ4n) is 2.96. The Kier molecular flexibility index (Phi) is 5.48. The van der Waals surface area contributed by atoms with Crippen molar-refractivity contribution in [3.8, 4) is 11.3 Å². The summed E-state index contributed by atoms with van der Waals surface area (Å²) < 4.78 is 34.0. The molecule has 6 heteroatoms. The largest absolute Gasteiger partial charge is 0.441 e. The van der Waals surface area contributed by atoms with Crippen LogP contribution in [0.1, 0.15) is 30.9 Å². The van der Waals surface area contributed by atoms with E-state index < -0.39 is 10.0 Å². The zero-order valence-electron chi connectivity index (χ0n) is 16.0. The standard InChI is InChI=1S/C21H24N2O3S/c1-15(2)23(14-18-8-6-5-7-9-18)27(24,25)21-12-19(11-10-16(21)3)20-13-22-17(4)26-20/h5-13,15H,14H2,1-4H3. The second kappa shape index (κ2) is 7.66. The molecule has 0 aliphatic heterocycles. The predicted octanol–water partition coefficient (Wildman–Crippen LogP) is 4.56. The van der Waals surface area contributed by atoms with Crippen LogP contribution in [0.25, 0.3) is 11.3 Å². The van der Waals surface area contributed by atoms with E-state index in [1.165, 1.54) is 4.31 Å². The van der Waals surface area contributed by atoms with Crippen molar-refractivity contribution in [1.82, 2.24) is 9.29 Å². The molecule has 0 saturated carbocycles. The van der Waals surface area contributed by atoms with Gasteiger partial charge in [-0.25, -0.2) is 13.4 Å². The Bertz CT molecular complexity index is 1020. The highest BCUT2D eigenvalue weighted by atomic mass is 32.2. The lowest BCUT2D eigenvalue weighted by Gasteiger charge is -2.27. The van der Waals surface area contributed by atoms with Gasteiger partial charge in [-0.3, -0.25) is 0 Å². The van der Waals surface area contributed by atoms with Crippen molar-refractivity contribution < 1.29 is 12.8 Å². The van der Waals surface area contributed by atoms with E-state index in [2.05, 4.69) is 4.98 Å². The van der Waals surface area contributed by atoms with Gasteiger partial charge in [-0.1, -0.05) is 42.5 Å². The Balaban J connectivity index is 2.03. The molecule has 0 unspecified atom stereocenters. The maximum Gasteiger partial charge on any atom is 0.243 e. The molecule has 0 spiro atoms. The summed E-state index contributed by atoms with van der Waals surface area (Å²) in [5.74, 6) is 1.10. The van der Waals surface area contributed by atoms with Gasteiger partial charge >= 0.3 is 0 Å². The second-order valence-corrected chi connectivity index (χ2v) is 8.71. The zero-order chi connectivity index (χ0) is 19.6.